The Hall–Kier alpha value is -1.68. The van der Waals surface area contributed by atoms with Crippen molar-refractivity contribution in [2.24, 2.45) is 17.6 Å². The standard InChI is InChI=1S/C21H31NO3/c1-15(4-2-3-5-20(23)24)17-10-12-19(13-11-17)21(25)18-8-6-16(14-22)7-9-18/h10-13,15-16,18H,2-9,14,22H2,1H3,(H,23,24). The SMILES string of the molecule is CC(CCCCC(=O)O)c1ccc(C(=O)C2CCC(CN)CC2)cc1. The van der Waals surface area contributed by atoms with Crippen LogP contribution in [0.2, 0.25) is 0 Å². The summed E-state index contributed by atoms with van der Waals surface area (Å²) in [6.07, 6.45) is 6.91. The molecular formula is C21H31NO3. The Morgan fingerprint density at radius 2 is 1.76 bits per heavy atom. The van der Waals surface area contributed by atoms with Crippen LogP contribution >= 0.6 is 0 Å². The molecule has 2 rings (SSSR count). The third-order valence-corrected chi connectivity index (χ3v) is 5.59. The van der Waals surface area contributed by atoms with E-state index >= 15 is 0 Å². The molecule has 1 aromatic rings. The summed E-state index contributed by atoms with van der Waals surface area (Å²) < 4.78 is 0. The summed E-state index contributed by atoms with van der Waals surface area (Å²) in [5.74, 6) is 0.681. The summed E-state index contributed by atoms with van der Waals surface area (Å²) >= 11 is 0. The van der Waals surface area contributed by atoms with Crippen LogP contribution in [0.5, 0.6) is 0 Å². The number of carbonyl (C=O) groups is 2. The molecule has 0 radical (unpaired) electrons. The minimum absolute atomic E-state index is 0.155. The molecule has 4 nitrogen and oxygen atoms in total. The Morgan fingerprint density at radius 3 is 2.32 bits per heavy atom. The van der Waals surface area contributed by atoms with Gasteiger partial charge in [0.1, 0.15) is 0 Å². The molecule has 0 heterocycles. The molecule has 0 bridgehead atoms. The maximum absolute atomic E-state index is 12.7. The number of hydrogen-bond donors (Lipinski definition) is 2. The second-order valence-corrected chi connectivity index (χ2v) is 7.48. The van der Waals surface area contributed by atoms with Crippen LogP contribution in [-0.2, 0) is 4.79 Å². The van der Waals surface area contributed by atoms with Crippen LogP contribution in [0.4, 0.5) is 0 Å². The summed E-state index contributed by atoms with van der Waals surface area (Å²) in [6, 6.07) is 8.03. The van der Waals surface area contributed by atoms with Gasteiger partial charge in [-0.2, -0.15) is 0 Å². The number of carboxylic acid groups (broad SMARTS) is 1. The zero-order chi connectivity index (χ0) is 18.2. The Morgan fingerprint density at radius 1 is 1.12 bits per heavy atom. The third-order valence-electron chi connectivity index (χ3n) is 5.59. The minimum Gasteiger partial charge on any atom is -0.481 e. The van der Waals surface area contributed by atoms with Crippen LogP contribution < -0.4 is 5.73 Å². The summed E-state index contributed by atoms with van der Waals surface area (Å²) in [6.45, 7) is 2.89. The lowest BCUT2D eigenvalue weighted by molar-refractivity contribution is -0.137. The zero-order valence-corrected chi connectivity index (χ0v) is 15.2. The van der Waals surface area contributed by atoms with Gasteiger partial charge in [0.2, 0.25) is 0 Å². The predicted octanol–water partition coefficient (Wildman–Crippen LogP) is 4.38. The number of unbranched alkanes of at least 4 members (excludes halogenated alkanes) is 1. The van der Waals surface area contributed by atoms with E-state index in [1.165, 1.54) is 5.56 Å². The average Bonchev–Trinajstić information content (AvgIpc) is 2.64. The quantitative estimate of drug-likeness (QED) is 0.514. The third kappa shape index (κ3) is 5.96. The molecular weight excluding hydrogens is 314 g/mol. The van der Waals surface area contributed by atoms with Crippen LogP contribution in [-0.4, -0.2) is 23.4 Å². The molecule has 138 valence electrons. The van der Waals surface area contributed by atoms with Crippen LogP contribution in [0.25, 0.3) is 0 Å². The van der Waals surface area contributed by atoms with Crippen LogP contribution in [0.1, 0.15) is 80.1 Å². The summed E-state index contributed by atoms with van der Waals surface area (Å²) in [5, 5.41) is 8.68. The molecule has 1 unspecified atom stereocenters. The average molecular weight is 345 g/mol. The molecule has 1 fully saturated rings. The summed E-state index contributed by atoms with van der Waals surface area (Å²) in [7, 11) is 0. The van der Waals surface area contributed by atoms with Crippen molar-refractivity contribution >= 4 is 11.8 Å². The first-order chi connectivity index (χ1) is 12.0. The van der Waals surface area contributed by atoms with Crippen LogP contribution in [0, 0.1) is 11.8 Å². The van der Waals surface area contributed by atoms with Gasteiger partial charge in [-0.15, -0.1) is 0 Å². The van der Waals surface area contributed by atoms with E-state index < -0.39 is 5.97 Å². The van der Waals surface area contributed by atoms with Gasteiger partial charge in [-0.05, 0) is 62.5 Å². The van der Waals surface area contributed by atoms with Crippen molar-refractivity contribution in [3.63, 3.8) is 0 Å². The fourth-order valence-corrected chi connectivity index (χ4v) is 3.77. The number of carboxylic acids is 1. The van der Waals surface area contributed by atoms with Gasteiger partial charge in [-0.1, -0.05) is 37.6 Å². The van der Waals surface area contributed by atoms with Gasteiger partial charge in [-0.25, -0.2) is 0 Å². The normalized spacial score (nSPS) is 21.7. The second-order valence-electron chi connectivity index (χ2n) is 7.48. The number of aliphatic carboxylic acids is 1. The minimum atomic E-state index is -0.726. The molecule has 1 saturated carbocycles. The van der Waals surface area contributed by atoms with Gasteiger partial charge in [0, 0.05) is 17.9 Å². The lowest BCUT2D eigenvalue weighted by atomic mass is 9.78. The van der Waals surface area contributed by atoms with Crippen molar-refractivity contribution in [1.82, 2.24) is 0 Å². The molecule has 1 aromatic carbocycles. The molecule has 0 amide bonds. The molecule has 3 N–H and O–H groups in total. The largest absolute Gasteiger partial charge is 0.481 e. The number of benzene rings is 1. The Labute approximate surface area is 150 Å². The topological polar surface area (TPSA) is 80.4 Å². The monoisotopic (exact) mass is 345 g/mol. The highest BCUT2D eigenvalue weighted by molar-refractivity contribution is 5.97. The number of carbonyl (C=O) groups excluding carboxylic acids is 1. The van der Waals surface area contributed by atoms with Crippen LogP contribution in [0.15, 0.2) is 24.3 Å². The highest BCUT2D eigenvalue weighted by atomic mass is 16.4. The molecule has 1 aliphatic carbocycles. The lowest BCUT2D eigenvalue weighted by Crippen LogP contribution is -2.25. The lowest BCUT2D eigenvalue weighted by Gasteiger charge is -2.26. The Balaban J connectivity index is 1.84. The second kappa shape index (κ2) is 9.71. The maximum Gasteiger partial charge on any atom is 0.303 e. The van der Waals surface area contributed by atoms with Gasteiger partial charge >= 0.3 is 5.97 Å². The fourth-order valence-electron chi connectivity index (χ4n) is 3.77. The number of hydrogen-bond acceptors (Lipinski definition) is 3. The first-order valence-corrected chi connectivity index (χ1v) is 9.57. The van der Waals surface area contributed by atoms with E-state index in [0.717, 1.165) is 57.1 Å². The van der Waals surface area contributed by atoms with E-state index in [1.54, 1.807) is 0 Å². The van der Waals surface area contributed by atoms with Crippen molar-refractivity contribution in [2.75, 3.05) is 6.54 Å². The van der Waals surface area contributed by atoms with E-state index in [1.807, 2.05) is 12.1 Å². The van der Waals surface area contributed by atoms with Crippen molar-refractivity contribution in [1.29, 1.82) is 0 Å². The fraction of sp³-hybridized carbons (Fsp3) is 0.619. The first kappa shape index (κ1) is 19.6. The molecule has 0 aromatic heterocycles. The number of ketones is 1. The summed E-state index contributed by atoms with van der Waals surface area (Å²) in [4.78, 5) is 23.2. The van der Waals surface area contributed by atoms with Gasteiger partial charge in [0.25, 0.3) is 0 Å². The van der Waals surface area contributed by atoms with Crippen molar-refractivity contribution < 1.29 is 14.7 Å². The van der Waals surface area contributed by atoms with Crippen molar-refractivity contribution in [2.45, 2.75) is 64.2 Å². The van der Waals surface area contributed by atoms with Crippen LogP contribution in [0.3, 0.4) is 0 Å². The molecule has 0 aliphatic heterocycles. The highest BCUT2D eigenvalue weighted by Gasteiger charge is 2.26. The molecule has 25 heavy (non-hydrogen) atoms. The number of rotatable bonds is 9. The Bertz CT molecular complexity index is 559. The van der Waals surface area contributed by atoms with Gasteiger partial charge in [0.15, 0.2) is 5.78 Å². The van der Waals surface area contributed by atoms with E-state index in [9.17, 15) is 9.59 Å². The molecule has 0 spiro atoms. The van der Waals surface area contributed by atoms with E-state index in [2.05, 4.69) is 19.1 Å². The van der Waals surface area contributed by atoms with E-state index in [4.69, 9.17) is 10.8 Å². The zero-order valence-electron chi connectivity index (χ0n) is 15.2. The molecule has 1 atom stereocenters. The first-order valence-electron chi connectivity index (χ1n) is 9.57. The van der Waals surface area contributed by atoms with E-state index in [-0.39, 0.29) is 18.1 Å². The van der Waals surface area contributed by atoms with Crippen molar-refractivity contribution in [3.05, 3.63) is 35.4 Å². The molecule has 1 aliphatic rings. The van der Waals surface area contributed by atoms with E-state index in [0.29, 0.717) is 11.8 Å². The maximum atomic E-state index is 12.7. The van der Waals surface area contributed by atoms with Crippen molar-refractivity contribution in [3.8, 4) is 0 Å². The smallest absolute Gasteiger partial charge is 0.303 e. The van der Waals surface area contributed by atoms with Gasteiger partial charge < -0.3 is 10.8 Å². The molecule has 4 heteroatoms. The summed E-state index contributed by atoms with van der Waals surface area (Å²) in [5.41, 5.74) is 7.76. The Kier molecular flexibility index (Phi) is 7.63. The number of nitrogens with two attached hydrogens (primary N) is 1. The molecule has 0 saturated heterocycles. The van der Waals surface area contributed by atoms with Gasteiger partial charge in [0.05, 0.1) is 0 Å². The predicted molar refractivity (Wildman–Crippen MR) is 99.8 cm³/mol. The number of Topliss-reactive ketones (excluding diaryl/α,β-unsaturated/α-hetero) is 1. The highest BCUT2D eigenvalue weighted by Crippen LogP contribution is 2.31. The van der Waals surface area contributed by atoms with Gasteiger partial charge in [-0.3, -0.25) is 9.59 Å².